The van der Waals surface area contributed by atoms with Gasteiger partial charge in [-0.15, -0.1) is 0 Å². The highest BCUT2D eigenvalue weighted by atomic mass is 19.4. The van der Waals surface area contributed by atoms with Crippen molar-refractivity contribution in [2.24, 2.45) is 0 Å². The van der Waals surface area contributed by atoms with Gasteiger partial charge in [0.1, 0.15) is 0 Å². The number of alkyl halides is 16. The third-order valence-corrected chi connectivity index (χ3v) is 5.23. The molecule has 0 bridgehead atoms. The second-order valence-corrected chi connectivity index (χ2v) is 8.23. The summed E-state index contributed by atoms with van der Waals surface area (Å²) in [6.07, 6.45) is -17.2. The summed E-state index contributed by atoms with van der Waals surface area (Å²) in [5.74, 6) is -38.5. The topological polar surface area (TPSA) is 81.1 Å². The third-order valence-electron chi connectivity index (χ3n) is 5.23. The van der Waals surface area contributed by atoms with E-state index in [0.29, 0.717) is 0 Å². The van der Waals surface area contributed by atoms with E-state index < -0.39 is 109 Å². The first-order valence-electron chi connectivity index (χ1n) is 10.5. The lowest BCUT2D eigenvalue weighted by Gasteiger charge is -2.34. The summed E-state index contributed by atoms with van der Waals surface area (Å²) >= 11 is 0. The summed E-state index contributed by atoms with van der Waals surface area (Å²) in [4.78, 5) is 20.9. The molecule has 0 atom stereocenters. The summed E-state index contributed by atoms with van der Waals surface area (Å²) < 4.78 is 208. The number of hydrogen-bond donors (Lipinski definition) is 2. The summed E-state index contributed by atoms with van der Waals surface area (Å²) in [5, 5.41) is 17.6. The molecule has 0 aromatic carbocycles. The molecule has 0 aliphatic rings. The fourth-order valence-electron chi connectivity index (χ4n) is 2.88. The van der Waals surface area contributed by atoms with Gasteiger partial charge in [-0.05, 0) is 12.8 Å². The van der Waals surface area contributed by atoms with Crippen molar-refractivity contribution in [1.82, 2.24) is 9.80 Å². The van der Waals surface area contributed by atoms with Crippen LogP contribution < -0.4 is 0 Å². The maximum absolute atomic E-state index is 13.7. The van der Waals surface area contributed by atoms with Gasteiger partial charge < -0.3 is 20.0 Å². The van der Waals surface area contributed by atoms with Crippen LogP contribution in [0.2, 0.25) is 0 Å². The second-order valence-electron chi connectivity index (χ2n) is 8.23. The summed E-state index contributed by atoms with van der Waals surface area (Å²) in [5.41, 5.74) is 0. The minimum Gasteiger partial charge on any atom is -0.465 e. The second kappa shape index (κ2) is 12.9. The van der Waals surface area contributed by atoms with Crippen LogP contribution in [0.25, 0.3) is 0 Å². The van der Waals surface area contributed by atoms with E-state index in [0.717, 1.165) is 0 Å². The molecule has 0 saturated heterocycles. The van der Waals surface area contributed by atoms with Crippen LogP contribution >= 0.6 is 0 Å². The molecule has 0 fully saturated rings. The average molecular weight is 632 g/mol. The Hall–Kier alpha value is -2.58. The van der Waals surface area contributed by atoms with Gasteiger partial charge in [0.05, 0.1) is 13.1 Å². The van der Waals surface area contributed by atoms with Gasteiger partial charge in [-0.1, -0.05) is 12.8 Å². The number of rotatable bonds is 17. The molecule has 0 heterocycles. The van der Waals surface area contributed by atoms with Crippen molar-refractivity contribution in [2.45, 2.75) is 74.1 Å². The van der Waals surface area contributed by atoms with Crippen molar-refractivity contribution in [2.75, 3.05) is 26.2 Å². The Bertz CT molecular complexity index is 788. The SMILES string of the molecule is O=C(O)N(CCCCCCN(CC(F)(F)C(F)(F)C(F)(F)C(F)F)C(=O)O)CC(F)(F)C(F)(F)C(F)(F)C(F)F. The highest BCUT2D eigenvalue weighted by Gasteiger charge is 2.76. The molecule has 0 rings (SSSR count). The Morgan fingerprint density at radius 3 is 0.975 bits per heavy atom. The van der Waals surface area contributed by atoms with E-state index in [2.05, 4.69) is 0 Å². The zero-order chi connectivity index (χ0) is 32.1. The van der Waals surface area contributed by atoms with Gasteiger partial charge in [0.25, 0.3) is 0 Å². The molecule has 238 valence electrons. The minimum atomic E-state index is -6.69. The largest absolute Gasteiger partial charge is 0.465 e. The molecule has 0 aliphatic carbocycles. The van der Waals surface area contributed by atoms with Gasteiger partial charge in [0.15, 0.2) is 0 Å². The van der Waals surface area contributed by atoms with E-state index in [9.17, 15) is 79.8 Å². The first-order chi connectivity index (χ1) is 17.7. The van der Waals surface area contributed by atoms with Crippen molar-refractivity contribution >= 4 is 12.2 Å². The van der Waals surface area contributed by atoms with Crippen molar-refractivity contribution < 1.29 is 90.0 Å². The molecule has 0 radical (unpaired) electrons. The maximum Gasteiger partial charge on any atom is 0.407 e. The lowest BCUT2D eigenvalue weighted by Crippen LogP contribution is -2.61. The molecule has 0 spiro atoms. The number of nitrogens with zero attached hydrogens (tertiary/aromatic N) is 2. The van der Waals surface area contributed by atoms with Gasteiger partial charge >= 0.3 is 60.6 Å². The Morgan fingerprint density at radius 1 is 0.525 bits per heavy atom. The highest BCUT2D eigenvalue weighted by Crippen LogP contribution is 2.50. The lowest BCUT2D eigenvalue weighted by molar-refractivity contribution is -0.339. The Kier molecular flexibility index (Phi) is 12.1. The first-order valence-corrected chi connectivity index (χ1v) is 10.5. The van der Waals surface area contributed by atoms with Crippen LogP contribution in [0, 0.1) is 0 Å². The van der Waals surface area contributed by atoms with Crippen molar-refractivity contribution in [3.05, 3.63) is 0 Å². The number of hydrogen-bond acceptors (Lipinski definition) is 2. The standard InChI is InChI=1S/C18H20F16N2O4/c19-9(20)15(27,28)17(31,32)13(23,24)7-35(11(37)38)5-3-1-2-4-6-36(12(39)40)8-14(25,26)18(33,34)16(29,30)10(21)22/h9-10H,1-8H2,(H,37,38)(H,39,40). The molecule has 40 heavy (non-hydrogen) atoms. The van der Waals surface area contributed by atoms with Gasteiger partial charge in [-0.3, -0.25) is 0 Å². The summed E-state index contributed by atoms with van der Waals surface area (Å²) in [6, 6.07) is 0. The van der Waals surface area contributed by atoms with E-state index in [4.69, 9.17) is 10.2 Å². The lowest BCUT2D eigenvalue weighted by atomic mass is 10.0. The molecule has 2 N–H and O–H groups in total. The molecular weight excluding hydrogens is 612 g/mol. The molecule has 6 nitrogen and oxygen atoms in total. The van der Waals surface area contributed by atoms with E-state index in [1.165, 1.54) is 0 Å². The summed E-state index contributed by atoms with van der Waals surface area (Å²) in [7, 11) is 0. The zero-order valence-electron chi connectivity index (χ0n) is 19.5. The van der Waals surface area contributed by atoms with Gasteiger partial charge in [-0.25, -0.2) is 27.2 Å². The smallest absolute Gasteiger partial charge is 0.407 e. The minimum absolute atomic E-state index is 0.373. The van der Waals surface area contributed by atoms with E-state index in [1.54, 1.807) is 0 Å². The average Bonchev–Trinajstić information content (AvgIpc) is 2.78. The number of carbonyl (C=O) groups is 2. The zero-order valence-corrected chi connectivity index (χ0v) is 19.5. The van der Waals surface area contributed by atoms with Crippen LogP contribution in [0.1, 0.15) is 25.7 Å². The summed E-state index contributed by atoms with van der Waals surface area (Å²) in [6.45, 7) is -7.57. The molecular formula is C18H20F16N2O4. The fraction of sp³-hybridized carbons (Fsp3) is 0.889. The molecule has 0 unspecified atom stereocenters. The van der Waals surface area contributed by atoms with Crippen molar-refractivity contribution in [1.29, 1.82) is 0 Å². The Balaban J connectivity index is 5.12. The maximum atomic E-state index is 13.7. The van der Waals surface area contributed by atoms with E-state index in [-0.39, 0.29) is 12.8 Å². The molecule has 2 amide bonds. The quantitative estimate of drug-likeness (QED) is 0.136. The molecule has 0 saturated carbocycles. The van der Waals surface area contributed by atoms with Crippen molar-refractivity contribution in [3.8, 4) is 0 Å². The number of unbranched alkanes of at least 4 members (excludes halogenated alkanes) is 3. The van der Waals surface area contributed by atoms with Crippen LogP contribution in [0.4, 0.5) is 79.8 Å². The number of amides is 2. The highest BCUT2D eigenvalue weighted by molar-refractivity contribution is 5.65. The van der Waals surface area contributed by atoms with Crippen LogP contribution in [0.15, 0.2) is 0 Å². The number of halogens is 16. The van der Waals surface area contributed by atoms with Crippen LogP contribution in [0.3, 0.4) is 0 Å². The van der Waals surface area contributed by atoms with Crippen LogP contribution in [-0.2, 0) is 0 Å². The molecule has 0 aromatic heterocycles. The Labute approximate surface area is 213 Å². The molecule has 0 aliphatic heterocycles. The normalized spacial score (nSPS) is 14.2. The third kappa shape index (κ3) is 8.00. The van der Waals surface area contributed by atoms with Gasteiger partial charge in [0.2, 0.25) is 0 Å². The predicted octanol–water partition coefficient (Wildman–Crippen LogP) is 6.85. The number of carboxylic acid groups (broad SMARTS) is 2. The van der Waals surface area contributed by atoms with Gasteiger partial charge in [0, 0.05) is 13.1 Å². The van der Waals surface area contributed by atoms with Crippen LogP contribution in [0.5, 0.6) is 0 Å². The van der Waals surface area contributed by atoms with E-state index in [1.807, 2.05) is 0 Å². The monoisotopic (exact) mass is 632 g/mol. The first kappa shape index (κ1) is 37.4. The molecule has 0 aromatic rings. The van der Waals surface area contributed by atoms with E-state index >= 15 is 0 Å². The van der Waals surface area contributed by atoms with Gasteiger partial charge in [-0.2, -0.15) is 52.7 Å². The van der Waals surface area contributed by atoms with Crippen LogP contribution in [-0.4, -0.2) is 107 Å². The molecule has 22 heteroatoms. The van der Waals surface area contributed by atoms with Crippen molar-refractivity contribution in [3.63, 3.8) is 0 Å². The Morgan fingerprint density at radius 2 is 0.775 bits per heavy atom. The fourth-order valence-corrected chi connectivity index (χ4v) is 2.88. The predicted molar refractivity (Wildman–Crippen MR) is 99.4 cm³/mol.